The minimum atomic E-state index is -0.758. The van der Waals surface area contributed by atoms with Crippen LogP contribution in [0.15, 0.2) is 66.7 Å². The van der Waals surface area contributed by atoms with E-state index in [2.05, 4.69) is 53.5 Å². The predicted molar refractivity (Wildman–Crippen MR) is 136 cm³/mol. The Hall–Kier alpha value is -2.51. The van der Waals surface area contributed by atoms with Crippen LogP contribution in [0.5, 0.6) is 0 Å². The molecule has 0 unspecified atom stereocenters. The van der Waals surface area contributed by atoms with Gasteiger partial charge in [-0.15, -0.1) is 0 Å². The van der Waals surface area contributed by atoms with Crippen LogP contribution in [0.1, 0.15) is 37.7 Å². The van der Waals surface area contributed by atoms with Crippen molar-refractivity contribution in [2.24, 2.45) is 5.92 Å². The number of allylic oxidation sites excluding steroid dienone is 2. The Balaban J connectivity index is 1.37. The van der Waals surface area contributed by atoms with Gasteiger partial charge in [-0.3, -0.25) is 9.69 Å². The van der Waals surface area contributed by atoms with Gasteiger partial charge in [0.15, 0.2) is 0 Å². The van der Waals surface area contributed by atoms with E-state index in [-0.39, 0.29) is 24.5 Å². The van der Waals surface area contributed by atoms with Gasteiger partial charge in [-0.05, 0) is 36.0 Å². The highest BCUT2D eigenvalue weighted by Crippen LogP contribution is 2.36. The second kappa shape index (κ2) is 13.0. The Morgan fingerprint density at radius 3 is 2.46 bits per heavy atom. The van der Waals surface area contributed by atoms with Crippen molar-refractivity contribution in [1.82, 2.24) is 4.90 Å². The molecule has 6 heteroatoms. The molecule has 1 aliphatic heterocycles. The van der Waals surface area contributed by atoms with Gasteiger partial charge in [0, 0.05) is 37.9 Å². The SMILES string of the molecule is O=C(O)CCC/C=C\C[C@@H]1[C@@H](N2CCOCC2)[C@H](OCc2ccc(-c3ccccc3)cc2)C[C@@H]1O. The van der Waals surface area contributed by atoms with Crippen LogP contribution >= 0.6 is 0 Å². The molecular formula is C29H37NO5. The molecule has 0 bridgehead atoms. The van der Waals surface area contributed by atoms with Crippen LogP contribution in [0, 0.1) is 5.92 Å². The highest BCUT2D eigenvalue weighted by Gasteiger charge is 2.45. The molecule has 2 N–H and O–H groups in total. The molecule has 2 aromatic carbocycles. The minimum absolute atomic E-state index is 0.0395. The summed E-state index contributed by atoms with van der Waals surface area (Å²) in [4.78, 5) is 13.1. The van der Waals surface area contributed by atoms with E-state index in [1.54, 1.807) is 0 Å². The second-order valence-corrected chi connectivity index (χ2v) is 9.51. The molecule has 1 saturated carbocycles. The molecule has 1 heterocycles. The predicted octanol–water partition coefficient (Wildman–Crippen LogP) is 4.52. The number of morpholine rings is 1. The standard InChI is InChI=1S/C29H37NO5/c31-26-20-27(35-21-22-12-14-24(15-13-22)23-8-4-3-5-9-23)29(30-16-18-34-19-17-30)25(26)10-6-1-2-7-11-28(32)33/h1,3-6,8-9,12-15,25-27,29,31H,2,7,10-11,16-21H2,(H,32,33)/b6-1-/t25-,26-,27+,29+/m0/s1. The number of unbranched alkanes of at least 4 members (excludes halogenated alkanes) is 1. The first-order valence-corrected chi connectivity index (χ1v) is 12.7. The number of hydrogen-bond acceptors (Lipinski definition) is 5. The molecule has 0 aromatic heterocycles. The van der Waals surface area contributed by atoms with E-state index in [0.717, 1.165) is 31.5 Å². The fourth-order valence-electron chi connectivity index (χ4n) is 5.27. The highest BCUT2D eigenvalue weighted by atomic mass is 16.5. The molecule has 6 nitrogen and oxygen atoms in total. The van der Waals surface area contributed by atoms with Gasteiger partial charge in [0.25, 0.3) is 0 Å². The van der Waals surface area contributed by atoms with E-state index in [1.165, 1.54) is 11.1 Å². The number of hydrogen-bond donors (Lipinski definition) is 2. The van der Waals surface area contributed by atoms with Crippen molar-refractivity contribution < 1.29 is 24.5 Å². The molecule has 2 fully saturated rings. The molecule has 2 aliphatic rings. The van der Waals surface area contributed by atoms with Crippen molar-refractivity contribution in [2.75, 3.05) is 26.3 Å². The first kappa shape index (κ1) is 25.6. The molecular weight excluding hydrogens is 442 g/mol. The molecule has 0 radical (unpaired) electrons. The molecule has 0 amide bonds. The average Bonchev–Trinajstić information content (AvgIpc) is 3.21. The summed E-state index contributed by atoms with van der Waals surface area (Å²) in [6, 6.07) is 19.0. The van der Waals surface area contributed by atoms with Gasteiger partial charge in [0.2, 0.25) is 0 Å². The van der Waals surface area contributed by atoms with E-state index in [9.17, 15) is 9.90 Å². The molecule has 0 spiro atoms. The number of benzene rings is 2. The van der Waals surface area contributed by atoms with Gasteiger partial charge in [-0.25, -0.2) is 0 Å². The minimum Gasteiger partial charge on any atom is -0.481 e. The number of nitrogens with zero attached hydrogens (tertiary/aromatic N) is 1. The molecule has 2 aromatic rings. The zero-order valence-electron chi connectivity index (χ0n) is 20.3. The normalized spacial score (nSPS) is 25.3. The maximum absolute atomic E-state index is 10.9. The van der Waals surface area contributed by atoms with E-state index >= 15 is 0 Å². The van der Waals surface area contributed by atoms with Crippen LogP contribution in [0.2, 0.25) is 0 Å². The van der Waals surface area contributed by atoms with Crippen molar-refractivity contribution in [3.8, 4) is 11.1 Å². The molecule has 35 heavy (non-hydrogen) atoms. The molecule has 1 aliphatic carbocycles. The van der Waals surface area contributed by atoms with Gasteiger partial charge in [0.05, 0.1) is 32.0 Å². The Kier molecular flexibility index (Phi) is 9.49. The number of rotatable bonds is 11. The van der Waals surface area contributed by atoms with Crippen LogP contribution in [-0.4, -0.2) is 65.6 Å². The van der Waals surface area contributed by atoms with Gasteiger partial charge in [-0.1, -0.05) is 66.7 Å². The number of carbonyl (C=O) groups is 1. The van der Waals surface area contributed by atoms with E-state index in [0.29, 0.717) is 32.7 Å². The number of aliphatic hydroxyl groups excluding tert-OH is 1. The van der Waals surface area contributed by atoms with Gasteiger partial charge < -0.3 is 19.7 Å². The number of aliphatic carboxylic acids is 1. The van der Waals surface area contributed by atoms with Crippen LogP contribution < -0.4 is 0 Å². The number of aliphatic hydroxyl groups is 1. The topological polar surface area (TPSA) is 79.2 Å². The second-order valence-electron chi connectivity index (χ2n) is 9.51. The highest BCUT2D eigenvalue weighted by molar-refractivity contribution is 5.66. The fourth-order valence-corrected chi connectivity index (χ4v) is 5.27. The van der Waals surface area contributed by atoms with E-state index < -0.39 is 12.1 Å². The zero-order valence-corrected chi connectivity index (χ0v) is 20.3. The average molecular weight is 480 g/mol. The fraction of sp³-hybridized carbons (Fsp3) is 0.483. The Labute approximate surface area is 208 Å². The summed E-state index contributed by atoms with van der Waals surface area (Å²) < 4.78 is 12.0. The maximum Gasteiger partial charge on any atom is 0.303 e. The summed E-state index contributed by atoms with van der Waals surface area (Å²) in [5, 5.41) is 19.7. The lowest BCUT2D eigenvalue weighted by atomic mass is 9.95. The van der Waals surface area contributed by atoms with Crippen molar-refractivity contribution in [3.05, 3.63) is 72.3 Å². The third-order valence-electron chi connectivity index (χ3n) is 7.12. The Bertz CT molecular complexity index is 939. The maximum atomic E-state index is 10.9. The summed E-state index contributed by atoms with van der Waals surface area (Å²) in [6.45, 7) is 3.63. The molecule has 188 valence electrons. The zero-order chi connectivity index (χ0) is 24.5. The number of carboxylic acids is 1. The van der Waals surface area contributed by atoms with Crippen molar-refractivity contribution in [3.63, 3.8) is 0 Å². The van der Waals surface area contributed by atoms with Crippen LogP contribution in [0.3, 0.4) is 0 Å². The van der Waals surface area contributed by atoms with Crippen LogP contribution in [0.25, 0.3) is 11.1 Å². The van der Waals surface area contributed by atoms with Gasteiger partial charge in [-0.2, -0.15) is 0 Å². The summed E-state index contributed by atoms with van der Waals surface area (Å²) in [6.07, 6.45) is 6.66. The van der Waals surface area contributed by atoms with Crippen LogP contribution in [-0.2, 0) is 20.9 Å². The first-order chi connectivity index (χ1) is 17.1. The molecule has 4 rings (SSSR count). The van der Waals surface area contributed by atoms with E-state index in [1.807, 2.05) is 18.2 Å². The summed E-state index contributed by atoms with van der Waals surface area (Å²) >= 11 is 0. The molecule has 1 saturated heterocycles. The van der Waals surface area contributed by atoms with Gasteiger partial charge >= 0.3 is 5.97 Å². The molecule has 4 atom stereocenters. The van der Waals surface area contributed by atoms with Crippen molar-refractivity contribution in [1.29, 1.82) is 0 Å². The smallest absolute Gasteiger partial charge is 0.303 e. The summed E-state index contributed by atoms with van der Waals surface area (Å²) in [5.41, 5.74) is 3.51. The summed E-state index contributed by atoms with van der Waals surface area (Å²) in [7, 11) is 0. The monoisotopic (exact) mass is 479 g/mol. The quantitative estimate of drug-likeness (QED) is 0.364. The summed E-state index contributed by atoms with van der Waals surface area (Å²) in [5.74, 6) is -0.666. The largest absolute Gasteiger partial charge is 0.481 e. The van der Waals surface area contributed by atoms with Crippen molar-refractivity contribution >= 4 is 5.97 Å². The Morgan fingerprint density at radius 1 is 1.03 bits per heavy atom. The third-order valence-corrected chi connectivity index (χ3v) is 7.12. The Morgan fingerprint density at radius 2 is 1.74 bits per heavy atom. The lowest BCUT2D eigenvalue weighted by Crippen LogP contribution is -2.50. The lowest BCUT2D eigenvalue weighted by Gasteiger charge is -2.38. The number of ether oxygens (including phenoxy) is 2. The first-order valence-electron chi connectivity index (χ1n) is 12.7. The van der Waals surface area contributed by atoms with Gasteiger partial charge in [0.1, 0.15) is 0 Å². The number of carboxylic acid groups (broad SMARTS) is 1. The van der Waals surface area contributed by atoms with Crippen molar-refractivity contribution in [2.45, 2.75) is 57.0 Å². The lowest BCUT2D eigenvalue weighted by molar-refractivity contribution is -0.137. The van der Waals surface area contributed by atoms with E-state index in [4.69, 9.17) is 14.6 Å². The van der Waals surface area contributed by atoms with Crippen LogP contribution in [0.4, 0.5) is 0 Å². The third kappa shape index (κ3) is 7.24.